The number of carbonyl (C=O) groups excluding carboxylic acids is 6. The number of phenolic OH excluding ortho intramolecular Hbond substituents is 3. The first-order valence-electron chi connectivity index (χ1n) is 36.0. The predicted molar refractivity (Wildman–Crippen MR) is 357 cm³/mol. The maximum Gasteiger partial charge on any atom is 0.329 e. The Morgan fingerprint density at radius 1 is 0.510 bits per heavy atom. The molecule has 15 aliphatic rings. The maximum absolute atomic E-state index is 14.2. The number of urea groups is 3. The molecule has 4 aromatic rings. The number of aliphatic hydroxyl groups is 3. The number of rotatable bonds is 8. The van der Waals surface area contributed by atoms with E-state index < -0.39 is 61.7 Å². The van der Waals surface area contributed by atoms with Crippen LogP contribution in [0.1, 0.15) is 149 Å². The third-order valence-electron chi connectivity index (χ3n) is 27.8. The number of benzene rings is 4. The first-order valence-corrected chi connectivity index (χ1v) is 36.0. The molecule has 19 rings (SSSR count). The van der Waals surface area contributed by atoms with Gasteiger partial charge in [0, 0.05) is 54.0 Å². The number of fused-ring (bicyclic) bond motifs is 3. The summed E-state index contributed by atoms with van der Waals surface area (Å²) in [5.41, 5.74) is -1.62. The Bertz CT molecular complexity index is 4100. The van der Waals surface area contributed by atoms with Crippen LogP contribution in [-0.4, -0.2) is 207 Å². The van der Waals surface area contributed by atoms with Crippen LogP contribution in [0.15, 0.2) is 84.9 Å². The molecule has 8 N–H and O–H groups in total. The lowest BCUT2D eigenvalue weighted by Crippen LogP contribution is -2.76. The molecule has 12 fully saturated rings. The number of nitrogens with zero attached hydrogens (tertiary/aromatic N) is 8. The summed E-state index contributed by atoms with van der Waals surface area (Å²) in [5.74, 6) is 1.46. The van der Waals surface area contributed by atoms with E-state index in [1.165, 1.54) is 22.6 Å². The average molecular weight is 1340 g/mol. The Labute approximate surface area is 570 Å². The van der Waals surface area contributed by atoms with Crippen LogP contribution in [0.25, 0.3) is 0 Å². The lowest BCUT2D eigenvalue weighted by atomic mass is 9.46. The molecule has 4 aromatic carbocycles. The van der Waals surface area contributed by atoms with Crippen molar-refractivity contribution in [3.05, 3.63) is 118 Å². The van der Waals surface area contributed by atoms with Crippen molar-refractivity contribution in [2.45, 2.75) is 203 Å². The first kappa shape index (κ1) is 63.8. The van der Waals surface area contributed by atoms with E-state index in [0.29, 0.717) is 114 Å². The van der Waals surface area contributed by atoms with Gasteiger partial charge in [-0.2, -0.15) is 5.26 Å². The highest BCUT2D eigenvalue weighted by molar-refractivity contribution is 6.23. The number of nitriles is 1. The van der Waals surface area contributed by atoms with E-state index in [2.05, 4.69) is 32.4 Å². The van der Waals surface area contributed by atoms with Crippen LogP contribution in [0.3, 0.4) is 0 Å². The Balaban J connectivity index is 0.000000111. The fraction of sp³-hybridized carbons (Fsp3) is 0.592. The van der Waals surface area contributed by atoms with Crippen molar-refractivity contribution in [1.82, 2.24) is 40.0 Å². The fourth-order valence-electron chi connectivity index (χ4n) is 22.2. The number of anilines is 1. The molecule has 0 unspecified atom stereocenters. The number of hydrogen-bond acceptors (Lipinski definition) is 16. The van der Waals surface area contributed by atoms with Crippen LogP contribution < -0.4 is 15.5 Å². The van der Waals surface area contributed by atoms with E-state index in [-0.39, 0.29) is 72.1 Å². The van der Waals surface area contributed by atoms with Gasteiger partial charge in [-0.3, -0.25) is 34.4 Å². The van der Waals surface area contributed by atoms with E-state index in [9.17, 15) is 64.7 Å². The molecule has 9 aliphatic carbocycles. The minimum Gasteiger partial charge on any atom is -0.508 e. The van der Waals surface area contributed by atoms with Crippen molar-refractivity contribution >= 4 is 41.5 Å². The quantitative estimate of drug-likeness (QED) is 0.0706. The van der Waals surface area contributed by atoms with Crippen molar-refractivity contribution in [3.63, 3.8) is 0 Å². The summed E-state index contributed by atoms with van der Waals surface area (Å²) >= 11 is 0. The summed E-state index contributed by atoms with van der Waals surface area (Å²) in [4.78, 5) is 93.4. The third kappa shape index (κ3) is 8.96. The topological polar surface area (TPSA) is 294 Å². The minimum absolute atomic E-state index is 0.0256. The van der Waals surface area contributed by atoms with Crippen LogP contribution in [0.2, 0.25) is 0 Å². The average Bonchev–Trinajstić information content (AvgIpc) is 1.04. The largest absolute Gasteiger partial charge is 0.508 e. The van der Waals surface area contributed by atoms with Crippen molar-refractivity contribution in [1.29, 1.82) is 5.26 Å². The molecule has 6 saturated carbocycles. The zero-order valence-corrected chi connectivity index (χ0v) is 56.1. The number of para-hydroxylation sites is 1. The molecule has 98 heavy (non-hydrogen) atoms. The minimum atomic E-state index is -1.15. The number of phenols is 3. The molecule has 6 aliphatic heterocycles. The zero-order chi connectivity index (χ0) is 68.1. The van der Waals surface area contributed by atoms with Gasteiger partial charge in [-0.1, -0.05) is 36.4 Å². The predicted octanol–water partition coefficient (Wildman–Crippen LogP) is 6.33. The van der Waals surface area contributed by atoms with Crippen LogP contribution in [0, 0.1) is 29.1 Å². The maximum atomic E-state index is 14.2. The summed E-state index contributed by atoms with van der Waals surface area (Å²) < 4.78 is 0. The first-order chi connectivity index (χ1) is 46.9. The second-order valence-corrected chi connectivity index (χ2v) is 32.6. The summed E-state index contributed by atoms with van der Waals surface area (Å²) in [5, 5.41) is 82.9. The van der Waals surface area contributed by atoms with Crippen LogP contribution in [0.5, 0.6) is 17.2 Å². The summed E-state index contributed by atoms with van der Waals surface area (Å²) in [6.07, 6.45) is 14.6. The number of likely N-dealkylation sites (N-methyl/N-ethyl adjacent to an activating group) is 2. The molecule has 6 bridgehead atoms. The Morgan fingerprint density at radius 2 is 0.990 bits per heavy atom. The lowest BCUT2D eigenvalue weighted by Gasteiger charge is -2.66. The van der Waals surface area contributed by atoms with Crippen molar-refractivity contribution < 1.29 is 59.4 Å². The summed E-state index contributed by atoms with van der Waals surface area (Å²) in [6.45, 7) is 4.42. The molecule has 0 aromatic heterocycles. The Hall–Kier alpha value is -7.65. The van der Waals surface area contributed by atoms with E-state index >= 15 is 0 Å². The van der Waals surface area contributed by atoms with E-state index in [0.717, 1.165) is 98.1 Å². The second kappa shape index (κ2) is 21.9. The Morgan fingerprint density at radius 3 is 1.54 bits per heavy atom. The molecule has 12 atom stereocenters. The van der Waals surface area contributed by atoms with Crippen molar-refractivity contribution in [3.8, 4) is 23.3 Å². The molecule has 22 nitrogen and oxygen atoms in total. The molecular formula is C76H90N10O12. The van der Waals surface area contributed by atoms with E-state index in [4.69, 9.17) is 0 Å². The fourth-order valence-corrected chi connectivity index (χ4v) is 22.2. The number of nitrogens with one attached hydrogen (secondary N) is 2. The molecule has 0 radical (unpaired) electrons. The van der Waals surface area contributed by atoms with Gasteiger partial charge in [0.1, 0.15) is 40.4 Å². The standard InChI is InChI=1S/C27H35N3O4.C25H27N3O4.C24H28N4O4/c1-28-11-10-25-16-26(8-9-27(25,34)22(28)12-19-6-7-20(31)13-21(19)25)23(32)29(14-17-2-3-17)24(33)30(26)15-18-4-5-18;1-27-12-11-23-15-24(21(30)28(22(31)26-24)17-5-3-2-4-6-17)9-10-25(23,32)20(27)13-16-7-8-18(29)14-19(16)23;25-8-10-28-21(31)26-20(30)23(28)5-6-24(32)19-11-16-3-4-17(29)12-18(16)22(24,14-23)7-9-27(19)13-15-1-2-15/h6-7,13,17-18,22,31,34H,2-5,8-12,14-16H2,1H3;2-8,14,20,29,32H,9-13,15H2,1H3,(H,26,31);3-4,12,15,19,29,32H,1-2,5-7,9-11,13-14H2,(H,26,30,31)/t22-,25-,26+,27-;20-,23-,24+,25-;19-,22-,23+,24-/m111/s1. The Kier molecular flexibility index (Phi) is 14.3. The highest BCUT2D eigenvalue weighted by atomic mass is 16.3. The van der Waals surface area contributed by atoms with Gasteiger partial charge in [0.25, 0.3) is 17.7 Å². The number of aromatic hydroxyl groups is 3. The highest BCUT2D eigenvalue weighted by Gasteiger charge is 2.75. The van der Waals surface area contributed by atoms with Gasteiger partial charge in [0.2, 0.25) is 0 Å². The third-order valence-corrected chi connectivity index (χ3v) is 27.8. The monoisotopic (exact) mass is 1330 g/mol. The molecule has 9 amide bonds. The van der Waals surface area contributed by atoms with E-state index in [1.54, 1.807) is 59.5 Å². The van der Waals surface area contributed by atoms with Gasteiger partial charge in [-0.25, -0.2) is 19.3 Å². The van der Waals surface area contributed by atoms with Gasteiger partial charge >= 0.3 is 18.1 Å². The van der Waals surface area contributed by atoms with Crippen LogP contribution in [-0.2, 0) is 49.9 Å². The van der Waals surface area contributed by atoms with Gasteiger partial charge in [-0.05, 0) is 268 Å². The zero-order valence-electron chi connectivity index (χ0n) is 56.1. The molecule has 6 heterocycles. The second-order valence-electron chi connectivity index (χ2n) is 32.6. The van der Waals surface area contributed by atoms with Crippen molar-refractivity contribution in [2.75, 3.05) is 64.8 Å². The van der Waals surface area contributed by atoms with Gasteiger partial charge in [-0.15, -0.1) is 0 Å². The number of carbonyl (C=O) groups is 6. The molecular weight excluding hydrogens is 1240 g/mol. The number of amides is 9. The number of hydrogen-bond donors (Lipinski definition) is 8. The van der Waals surface area contributed by atoms with Crippen LogP contribution >= 0.6 is 0 Å². The van der Waals surface area contributed by atoms with Crippen molar-refractivity contribution in [2.24, 2.45) is 17.8 Å². The molecule has 6 saturated heterocycles. The van der Waals surface area contributed by atoms with Crippen LogP contribution in [0.4, 0.5) is 20.1 Å². The highest BCUT2D eigenvalue weighted by Crippen LogP contribution is 2.66. The summed E-state index contributed by atoms with van der Waals surface area (Å²) in [6, 6.07) is 26.1. The molecule has 516 valence electrons. The van der Waals surface area contributed by atoms with Gasteiger partial charge in [0.15, 0.2) is 0 Å². The summed E-state index contributed by atoms with van der Waals surface area (Å²) in [7, 11) is 4.13. The lowest BCUT2D eigenvalue weighted by molar-refractivity contribution is -0.187. The van der Waals surface area contributed by atoms with Gasteiger partial charge < -0.3 is 50.7 Å². The number of imide groups is 3. The normalized spacial score (nSPS) is 38.0. The molecule has 3 spiro atoms. The van der Waals surface area contributed by atoms with Gasteiger partial charge in [0.05, 0.1) is 28.6 Å². The molecule has 22 heteroatoms. The van der Waals surface area contributed by atoms with E-state index in [1.807, 2.05) is 48.3 Å². The smallest absolute Gasteiger partial charge is 0.329 e. The number of piperidine rings is 3. The SMILES string of the molecule is CN1CC[C@]23C[C@@]4(CC[C@@]2(O)[C@H]1Cc1ccc(O)cc13)C(=O)N(CC1CC1)C(=O)N4CC1CC1.CN1CC[C@]23C[C@]4(CC[C@@]2(O)[C@H]1Cc1ccc(O)cc13)NC(=O)N(c1ccccc1)C4=O.N#CCN1C(=O)NC(=O)[C@@]12CC[C@@]1(O)[C@H]3Cc4ccc(O)cc4[C@@]1(CCN3CC1CC1)C2. The number of likely N-dealkylation sites (tertiary alicyclic amines) is 3.